The van der Waals surface area contributed by atoms with E-state index in [0.717, 1.165) is 36.6 Å². The van der Waals surface area contributed by atoms with E-state index < -0.39 is 0 Å². The molecule has 1 heterocycles. The molecule has 1 aromatic rings. The van der Waals surface area contributed by atoms with Crippen molar-refractivity contribution in [1.82, 2.24) is 5.32 Å². The van der Waals surface area contributed by atoms with Crippen molar-refractivity contribution < 1.29 is 9.53 Å². The maximum Gasteiger partial charge on any atom is 0.241 e. The molecular formula is C19H28N2O2. The molecule has 0 radical (unpaired) electrons. The Hall–Kier alpha value is -1.39. The second-order valence-electron chi connectivity index (χ2n) is 7.04. The van der Waals surface area contributed by atoms with Crippen molar-refractivity contribution in [2.45, 2.75) is 64.2 Å². The summed E-state index contributed by atoms with van der Waals surface area (Å²) in [5.74, 6) is 0.847. The number of carbonyl (C=O) groups is 1. The normalized spacial score (nSPS) is 27.8. The quantitative estimate of drug-likeness (QED) is 0.874. The minimum Gasteiger partial charge on any atom is -0.374 e. The number of amides is 1. The van der Waals surface area contributed by atoms with Gasteiger partial charge in [0.05, 0.1) is 18.8 Å². The predicted molar refractivity (Wildman–Crippen MR) is 92.3 cm³/mol. The summed E-state index contributed by atoms with van der Waals surface area (Å²) < 4.78 is 6.07. The fourth-order valence-electron chi connectivity index (χ4n) is 3.62. The first-order chi connectivity index (χ1) is 11.2. The number of hydrogen-bond acceptors (Lipinski definition) is 3. The summed E-state index contributed by atoms with van der Waals surface area (Å²) in [5.41, 5.74) is 1.99. The van der Waals surface area contributed by atoms with Crippen molar-refractivity contribution in [2.24, 2.45) is 5.92 Å². The van der Waals surface area contributed by atoms with E-state index >= 15 is 0 Å². The number of nitrogens with one attached hydrogen (secondary N) is 2. The third-order valence-electron chi connectivity index (χ3n) is 4.95. The fourth-order valence-corrected chi connectivity index (χ4v) is 3.62. The standard InChI is InChI=1S/C19H28N2O2/c1-14-5-2-8-17(11-14)23-13-15-6-3-7-16(12-15)21-19(22)18-9-4-10-20-18/h3,6-7,12,14,17-18,20H,2,4-5,8-11,13H2,1H3,(H,21,22). The second-order valence-corrected chi connectivity index (χ2v) is 7.04. The van der Waals surface area contributed by atoms with Crippen molar-refractivity contribution in [3.63, 3.8) is 0 Å². The third kappa shape index (κ3) is 4.79. The van der Waals surface area contributed by atoms with Crippen LogP contribution in [0.3, 0.4) is 0 Å². The molecule has 0 spiro atoms. The lowest BCUT2D eigenvalue weighted by Crippen LogP contribution is -2.35. The van der Waals surface area contributed by atoms with Gasteiger partial charge in [0.25, 0.3) is 0 Å². The molecule has 3 atom stereocenters. The van der Waals surface area contributed by atoms with Crippen LogP contribution in [0.4, 0.5) is 5.69 Å². The van der Waals surface area contributed by atoms with Gasteiger partial charge in [-0.15, -0.1) is 0 Å². The Labute approximate surface area is 139 Å². The van der Waals surface area contributed by atoms with E-state index in [1.165, 1.54) is 25.7 Å². The molecule has 4 heteroatoms. The molecule has 2 fully saturated rings. The highest BCUT2D eigenvalue weighted by atomic mass is 16.5. The van der Waals surface area contributed by atoms with Crippen molar-refractivity contribution in [2.75, 3.05) is 11.9 Å². The molecule has 1 aromatic carbocycles. The van der Waals surface area contributed by atoms with Crippen LogP contribution in [-0.2, 0) is 16.1 Å². The van der Waals surface area contributed by atoms with Crippen molar-refractivity contribution >= 4 is 11.6 Å². The SMILES string of the molecule is CC1CCCC(OCc2cccc(NC(=O)C3CCCN3)c2)C1. The lowest BCUT2D eigenvalue weighted by atomic mass is 9.89. The number of ether oxygens (including phenoxy) is 1. The van der Waals surface area contributed by atoms with Gasteiger partial charge in [-0.2, -0.15) is 0 Å². The largest absolute Gasteiger partial charge is 0.374 e. The highest BCUT2D eigenvalue weighted by Gasteiger charge is 2.22. The Balaban J connectivity index is 1.51. The maximum absolute atomic E-state index is 12.2. The Morgan fingerprint density at radius 2 is 2.22 bits per heavy atom. The summed E-state index contributed by atoms with van der Waals surface area (Å²) in [6, 6.07) is 7.98. The van der Waals surface area contributed by atoms with E-state index in [9.17, 15) is 4.79 Å². The van der Waals surface area contributed by atoms with Gasteiger partial charge in [0.15, 0.2) is 0 Å². The summed E-state index contributed by atoms with van der Waals surface area (Å²) in [5, 5.41) is 6.24. The van der Waals surface area contributed by atoms with Gasteiger partial charge >= 0.3 is 0 Å². The molecule has 1 saturated carbocycles. The van der Waals surface area contributed by atoms with Crippen LogP contribution in [0.5, 0.6) is 0 Å². The van der Waals surface area contributed by atoms with E-state index in [2.05, 4.69) is 23.6 Å². The zero-order valence-corrected chi connectivity index (χ0v) is 14.0. The van der Waals surface area contributed by atoms with Crippen LogP contribution in [0.25, 0.3) is 0 Å². The molecule has 0 aromatic heterocycles. The predicted octanol–water partition coefficient (Wildman–Crippen LogP) is 3.47. The van der Waals surface area contributed by atoms with Crippen LogP contribution in [0.1, 0.15) is 51.0 Å². The summed E-state index contributed by atoms with van der Waals surface area (Å²) in [7, 11) is 0. The van der Waals surface area contributed by atoms with Crippen LogP contribution in [0, 0.1) is 5.92 Å². The van der Waals surface area contributed by atoms with Crippen molar-refractivity contribution in [3.05, 3.63) is 29.8 Å². The van der Waals surface area contributed by atoms with Crippen LogP contribution in [-0.4, -0.2) is 24.6 Å². The number of carbonyl (C=O) groups excluding carboxylic acids is 1. The lowest BCUT2D eigenvalue weighted by molar-refractivity contribution is -0.117. The molecule has 23 heavy (non-hydrogen) atoms. The molecule has 3 unspecified atom stereocenters. The first-order valence-corrected chi connectivity index (χ1v) is 8.95. The highest BCUT2D eigenvalue weighted by molar-refractivity contribution is 5.95. The van der Waals surface area contributed by atoms with E-state index in [1.807, 2.05) is 18.2 Å². The second kappa shape index (κ2) is 7.93. The number of rotatable bonds is 5. The minimum absolute atomic E-state index is 0.0429. The first-order valence-electron chi connectivity index (χ1n) is 8.95. The van der Waals surface area contributed by atoms with Gasteiger partial charge in [-0.05, 0) is 55.8 Å². The first kappa shape index (κ1) is 16.5. The Kier molecular flexibility index (Phi) is 5.68. The Bertz CT molecular complexity index is 526. The van der Waals surface area contributed by atoms with Gasteiger partial charge in [-0.1, -0.05) is 31.9 Å². The van der Waals surface area contributed by atoms with Crippen molar-refractivity contribution in [1.29, 1.82) is 0 Å². The summed E-state index contributed by atoms with van der Waals surface area (Å²) in [6.07, 6.45) is 7.34. The van der Waals surface area contributed by atoms with E-state index in [4.69, 9.17) is 4.74 Å². The molecular weight excluding hydrogens is 288 g/mol. The van der Waals surface area contributed by atoms with Gasteiger partial charge in [-0.3, -0.25) is 4.79 Å². The van der Waals surface area contributed by atoms with Gasteiger partial charge in [0.2, 0.25) is 5.91 Å². The van der Waals surface area contributed by atoms with Crippen LogP contribution < -0.4 is 10.6 Å². The maximum atomic E-state index is 12.2. The van der Waals surface area contributed by atoms with Crippen LogP contribution in [0.2, 0.25) is 0 Å². The topological polar surface area (TPSA) is 50.4 Å². The molecule has 2 aliphatic rings. The average molecular weight is 316 g/mol. The molecule has 2 N–H and O–H groups in total. The lowest BCUT2D eigenvalue weighted by Gasteiger charge is -2.26. The van der Waals surface area contributed by atoms with Gasteiger partial charge in [0.1, 0.15) is 0 Å². The zero-order valence-electron chi connectivity index (χ0n) is 14.0. The van der Waals surface area contributed by atoms with E-state index in [-0.39, 0.29) is 11.9 Å². The fraction of sp³-hybridized carbons (Fsp3) is 0.632. The van der Waals surface area contributed by atoms with Crippen LogP contribution in [0.15, 0.2) is 24.3 Å². The highest BCUT2D eigenvalue weighted by Crippen LogP contribution is 2.26. The summed E-state index contributed by atoms with van der Waals surface area (Å²) >= 11 is 0. The smallest absolute Gasteiger partial charge is 0.241 e. The van der Waals surface area contributed by atoms with Gasteiger partial charge in [-0.25, -0.2) is 0 Å². The Morgan fingerprint density at radius 3 is 3.00 bits per heavy atom. The molecule has 3 rings (SSSR count). The number of benzene rings is 1. The summed E-state index contributed by atoms with van der Waals surface area (Å²) in [4.78, 5) is 12.2. The monoisotopic (exact) mass is 316 g/mol. The molecule has 4 nitrogen and oxygen atoms in total. The minimum atomic E-state index is -0.0429. The average Bonchev–Trinajstić information content (AvgIpc) is 3.08. The molecule has 1 amide bonds. The molecule has 126 valence electrons. The summed E-state index contributed by atoms with van der Waals surface area (Å²) in [6.45, 7) is 3.87. The van der Waals surface area contributed by atoms with E-state index in [0.29, 0.717) is 12.7 Å². The number of hydrogen-bond donors (Lipinski definition) is 2. The van der Waals surface area contributed by atoms with Gasteiger partial charge < -0.3 is 15.4 Å². The third-order valence-corrected chi connectivity index (χ3v) is 4.95. The number of anilines is 1. The molecule has 1 aliphatic carbocycles. The van der Waals surface area contributed by atoms with Crippen molar-refractivity contribution in [3.8, 4) is 0 Å². The molecule has 1 aliphatic heterocycles. The Morgan fingerprint density at radius 1 is 1.30 bits per heavy atom. The zero-order chi connectivity index (χ0) is 16.1. The van der Waals surface area contributed by atoms with Crippen LogP contribution >= 0.6 is 0 Å². The van der Waals surface area contributed by atoms with Gasteiger partial charge in [0, 0.05) is 5.69 Å². The molecule has 0 bridgehead atoms. The molecule has 1 saturated heterocycles. The van der Waals surface area contributed by atoms with E-state index in [1.54, 1.807) is 0 Å².